The minimum Gasteiger partial charge on any atom is -0.462 e. The van der Waals surface area contributed by atoms with Crippen LogP contribution in [0, 0.1) is 29.1 Å². The van der Waals surface area contributed by atoms with E-state index in [9.17, 15) is 26.7 Å². The summed E-state index contributed by atoms with van der Waals surface area (Å²) in [6.45, 7) is -0.151. The number of unbranched alkanes of at least 4 members (excludes halogenated alkanes) is 1. The molecule has 0 heterocycles. The number of rotatable bonds is 5. The van der Waals surface area contributed by atoms with Crippen LogP contribution in [0.5, 0.6) is 0 Å². The van der Waals surface area contributed by atoms with Crippen LogP contribution in [0.2, 0.25) is 0 Å². The summed E-state index contributed by atoms with van der Waals surface area (Å²) < 4.78 is 70.1. The second kappa shape index (κ2) is 7.01. The van der Waals surface area contributed by atoms with E-state index in [0.717, 1.165) is 4.43 Å². The van der Waals surface area contributed by atoms with Gasteiger partial charge in [-0.3, -0.25) is 0 Å². The van der Waals surface area contributed by atoms with E-state index >= 15 is 0 Å². The molecule has 0 N–H and O–H groups in total. The first-order valence-corrected chi connectivity index (χ1v) is 6.68. The van der Waals surface area contributed by atoms with Gasteiger partial charge in [0.2, 0.25) is 5.82 Å². The van der Waals surface area contributed by atoms with Crippen LogP contribution in [0.1, 0.15) is 23.2 Å². The van der Waals surface area contributed by atoms with Gasteiger partial charge in [0.15, 0.2) is 23.3 Å². The predicted octanol–water partition coefficient (Wildman–Crippen LogP) is 3.75. The van der Waals surface area contributed by atoms with E-state index < -0.39 is 40.6 Å². The molecule has 8 heteroatoms. The number of carbonyl (C=O) groups is 1. The molecule has 0 bridgehead atoms. The third-order valence-electron chi connectivity index (χ3n) is 2.18. The highest BCUT2D eigenvalue weighted by Crippen LogP contribution is 2.23. The van der Waals surface area contributed by atoms with E-state index in [1.54, 1.807) is 0 Å². The molecule has 1 aromatic carbocycles. The van der Waals surface area contributed by atoms with Crippen molar-refractivity contribution in [3.8, 4) is 0 Å². The van der Waals surface area contributed by atoms with Gasteiger partial charge in [0, 0.05) is 0 Å². The highest BCUT2D eigenvalue weighted by atomic mass is 127. The lowest BCUT2D eigenvalue weighted by Gasteiger charge is -2.08. The molecular weight excluding hydrogens is 386 g/mol. The number of halogens is 6. The fourth-order valence-electron chi connectivity index (χ4n) is 1.22. The summed E-state index contributed by atoms with van der Waals surface area (Å²) in [7, 11) is 0. The zero-order valence-electron chi connectivity index (χ0n) is 9.41. The van der Waals surface area contributed by atoms with E-state index in [-0.39, 0.29) is 6.61 Å². The maximum absolute atomic E-state index is 13.2. The van der Waals surface area contributed by atoms with Crippen molar-refractivity contribution >= 4 is 28.6 Å². The highest BCUT2D eigenvalue weighted by Gasteiger charge is 2.30. The first kappa shape index (κ1) is 16.1. The minimum absolute atomic E-state index is 0.151. The van der Waals surface area contributed by atoms with Crippen molar-refractivity contribution in [2.45, 2.75) is 12.8 Å². The van der Waals surface area contributed by atoms with Gasteiger partial charge < -0.3 is 4.74 Å². The maximum Gasteiger partial charge on any atom is 0.344 e. The average molecular weight is 394 g/mol. The lowest BCUT2D eigenvalue weighted by Crippen LogP contribution is -2.15. The number of hydrogen-bond donors (Lipinski definition) is 0. The smallest absolute Gasteiger partial charge is 0.344 e. The van der Waals surface area contributed by atoms with Crippen LogP contribution < -0.4 is 0 Å². The summed E-state index contributed by atoms with van der Waals surface area (Å²) in [5.41, 5.74) is -1.56. The first-order chi connectivity index (χ1) is 8.91. The minimum atomic E-state index is -2.31. The fourth-order valence-corrected chi connectivity index (χ4v) is 1.76. The molecule has 0 aliphatic heterocycles. The summed E-state index contributed by atoms with van der Waals surface area (Å²) in [6, 6.07) is 0. The van der Waals surface area contributed by atoms with Crippen LogP contribution in [-0.2, 0) is 4.74 Å². The molecule has 0 fully saturated rings. The Kier molecular flexibility index (Phi) is 5.95. The molecule has 1 rings (SSSR count). The van der Waals surface area contributed by atoms with Crippen molar-refractivity contribution in [3.63, 3.8) is 0 Å². The zero-order valence-corrected chi connectivity index (χ0v) is 11.6. The van der Waals surface area contributed by atoms with Gasteiger partial charge >= 0.3 is 5.97 Å². The first-order valence-electron chi connectivity index (χ1n) is 5.16. The largest absolute Gasteiger partial charge is 0.462 e. The molecule has 0 radical (unpaired) electrons. The Morgan fingerprint density at radius 1 is 0.895 bits per heavy atom. The Morgan fingerprint density at radius 3 is 1.84 bits per heavy atom. The van der Waals surface area contributed by atoms with Gasteiger partial charge in [-0.1, -0.05) is 22.6 Å². The molecule has 0 atom stereocenters. The summed E-state index contributed by atoms with van der Waals surface area (Å²) in [4.78, 5) is 11.3. The van der Waals surface area contributed by atoms with Crippen molar-refractivity contribution in [1.82, 2.24) is 0 Å². The summed E-state index contributed by atoms with van der Waals surface area (Å²) >= 11 is 2.08. The topological polar surface area (TPSA) is 26.3 Å². The molecule has 0 amide bonds. The number of hydrogen-bond acceptors (Lipinski definition) is 2. The molecule has 0 aliphatic rings. The number of esters is 1. The lowest BCUT2D eigenvalue weighted by molar-refractivity contribution is 0.0485. The molecule has 2 nitrogen and oxygen atoms in total. The monoisotopic (exact) mass is 394 g/mol. The second-order valence-corrected chi connectivity index (χ2v) is 4.56. The molecule has 0 unspecified atom stereocenters. The molecule has 1 aromatic rings. The van der Waals surface area contributed by atoms with E-state index in [1.165, 1.54) is 0 Å². The Hall–Kier alpha value is -0.930. The Morgan fingerprint density at radius 2 is 1.37 bits per heavy atom. The second-order valence-electron chi connectivity index (χ2n) is 3.48. The number of ether oxygens (including phenoxy) is 1. The Balaban J connectivity index is 2.97. The molecule has 0 saturated heterocycles. The Labute approximate surface area is 119 Å². The van der Waals surface area contributed by atoms with E-state index in [2.05, 4.69) is 27.3 Å². The van der Waals surface area contributed by atoms with Gasteiger partial charge in [-0.25, -0.2) is 26.7 Å². The summed E-state index contributed by atoms with van der Waals surface area (Å²) in [5, 5.41) is 0. The Bertz CT molecular complexity index is 463. The quantitative estimate of drug-likeness (QED) is 0.145. The van der Waals surface area contributed by atoms with Crippen LogP contribution in [0.3, 0.4) is 0 Å². The number of benzene rings is 1. The summed E-state index contributed by atoms with van der Waals surface area (Å²) in [6.07, 6.45) is 1.13. The normalized spacial score (nSPS) is 10.6. The lowest BCUT2D eigenvalue weighted by atomic mass is 10.1. The van der Waals surface area contributed by atoms with Crippen LogP contribution in [0.4, 0.5) is 22.0 Å². The number of carbonyl (C=O) groups excluding carboxylic acids is 1. The van der Waals surface area contributed by atoms with Crippen molar-refractivity contribution in [1.29, 1.82) is 0 Å². The molecule has 0 aromatic heterocycles. The predicted molar refractivity (Wildman–Crippen MR) is 64.6 cm³/mol. The average Bonchev–Trinajstić information content (AvgIpc) is 2.39. The fraction of sp³-hybridized carbons (Fsp3) is 0.364. The van der Waals surface area contributed by atoms with E-state index in [0.29, 0.717) is 12.8 Å². The van der Waals surface area contributed by atoms with Gasteiger partial charge in [0.05, 0.1) is 6.61 Å². The van der Waals surface area contributed by atoms with Crippen LogP contribution >= 0.6 is 22.6 Å². The van der Waals surface area contributed by atoms with Gasteiger partial charge in [-0.05, 0) is 17.3 Å². The van der Waals surface area contributed by atoms with Gasteiger partial charge in [0.25, 0.3) is 0 Å². The van der Waals surface area contributed by atoms with Crippen LogP contribution in [0.25, 0.3) is 0 Å². The zero-order chi connectivity index (χ0) is 14.6. The van der Waals surface area contributed by atoms with Crippen molar-refractivity contribution in [2.24, 2.45) is 0 Å². The van der Waals surface area contributed by atoms with Gasteiger partial charge in [-0.2, -0.15) is 0 Å². The maximum atomic E-state index is 13.2. The SMILES string of the molecule is O=C(OCCCCI)c1c(F)c(F)c(F)c(F)c1F. The van der Waals surface area contributed by atoms with Crippen molar-refractivity contribution in [3.05, 3.63) is 34.6 Å². The van der Waals surface area contributed by atoms with E-state index in [4.69, 9.17) is 0 Å². The van der Waals surface area contributed by atoms with Gasteiger partial charge in [0.1, 0.15) is 5.56 Å². The molecule has 0 saturated carbocycles. The van der Waals surface area contributed by atoms with Crippen LogP contribution in [-0.4, -0.2) is 17.0 Å². The standard InChI is InChI=1S/C11H8F5IO2/c12-6-5(11(18)19-4-2-1-3-17)7(13)9(15)10(16)8(6)14/h1-4H2. The van der Waals surface area contributed by atoms with E-state index in [1.807, 2.05) is 0 Å². The molecular formula is C11H8F5IO2. The third-order valence-corrected chi connectivity index (χ3v) is 2.94. The molecule has 0 aliphatic carbocycles. The number of alkyl halides is 1. The summed E-state index contributed by atoms with van der Waals surface area (Å²) in [5.74, 6) is -12.6. The molecule has 0 spiro atoms. The highest BCUT2D eigenvalue weighted by molar-refractivity contribution is 14.1. The van der Waals surface area contributed by atoms with Crippen molar-refractivity contribution < 1.29 is 31.5 Å². The van der Waals surface area contributed by atoms with Gasteiger partial charge in [-0.15, -0.1) is 0 Å². The van der Waals surface area contributed by atoms with Crippen LogP contribution in [0.15, 0.2) is 0 Å². The molecule has 19 heavy (non-hydrogen) atoms. The van der Waals surface area contributed by atoms with Crippen molar-refractivity contribution in [2.75, 3.05) is 11.0 Å². The molecule has 106 valence electrons. The third kappa shape index (κ3) is 3.54.